The summed E-state index contributed by atoms with van der Waals surface area (Å²) in [4.78, 5) is 11.9. The van der Waals surface area contributed by atoms with Crippen LogP contribution in [0, 0.1) is 27.7 Å². The number of amides is 1. The van der Waals surface area contributed by atoms with Crippen LogP contribution in [-0.4, -0.2) is 5.91 Å². The van der Waals surface area contributed by atoms with Gasteiger partial charge in [-0.1, -0.05) is 48.0 Å². The predicted molar refractivity (Wildman–Crippen MR) is 104 cm³/mol. The Balaban J connectivity index is 2.11. The molecule has 0 bridgehead atoms. The number of rotatable bonds is 3. The maximum atomic E-state index is 11.9. The molecule has 2 aromatic rings. The van der Waals surface area contributed by atoms with Crippen LogP contribution in [0.5, 0.6) is 0 Å². The zero-order valence-corrected chi connectivity index (χ0v) is 15.6. The van der Waals surface area contributed by atoms with Gasteiger partial charge in [-0.05, 0) is 74.4 Å². The van der Waals surface area contributed by atoms with Gasteiger partial charge < -0.3 is 5.32 Å². The number of aryl methyl sites for hydroxylation is 4. The zero-order valence-electron chi connectivity index (χ0n) is 15.6. The van der Waals surface area contributed by atoms with Crippen LogP contribution in [0.15, 0.2) is 43.0 Å². The zero-order chi connectivity index (χ0) is 18.1. The SMILES string of the molecule is C=CC(=O)N[C@@H]1CC[C@@H](c2ccc(C)cc2C)c2cc(C)cc(C)c21. The molecule has 25 heavy (non-hydrogen) atoms. The predicted octanol–water partition coefficient (Wildman–Crippen LogP) is 5.19. The van der Waals surface area contributed by atoms with Crippen molar-refractivity contribution in [3.05, 3.63) is 81.9 Å². The van der Waals surface area contributed by atoms with Gasteiger partial charge in [0.1, 0.15) is 0 Å². The van der Waals surface area contributed by atoms with Crippen LogP contribution >= 0.6 is 0 Å². The van der Waals surface area contributed by atoms with Crippen molar-refractivity contribution < 1.29 is 4.79 Å². The van der Waals surface area contributed by atoms with Crippen molar-refractivity contribution in [3.63, 3.8) is 0 Å². The minimum absolute atomic E-state index is 0.0723. The number of hydrogen-bond acceptors (Lipinski definition) is 1. The molecular weight excluding hydrogens is 306 g/mol. The number of fused-ring (bicyclic) bond motifs is 1. The molecule has 2 nitrogen and oxygen atoms in total. The molecule has 1 aliphatic carbocycles. The van der Waals surface area contributed by atoms with Crippen molar-refractivity contribution in [2.75, 3.05) is 0 Å². The van der Waals surface area contributed by atoms with Gasteiger partial charge in [0.05, 0.1) is 6.04 Å². The summed E-state index contributed by atoms with van der Waals surface area (Å²) in [6.07, 6.45) is 3.36. The molecule has 2 heteroatoms. The third-order valence-electron chi connectivity index (χ3n) is 5.33. The van der Waals surface area contributed by atoms with Crippen molar-refractivity contribution in [2.24, 2.45) is 0 Å². The summed E-state index contributed by atoms with van der Waals surface area (Å²) in [5, 5.41) is 3.12. The molecule has 0 spiro atoms. The van der Waals surface area contributed by atoms with Gasteiger partial charge in [-0.15, -0.1) is 0 Å². The second-order valence-corrected chi connectivity index (χ2v) is 7.34. The molecule has 0 unspecified atom stereocenters. The Labute approximate surface area is 151 Å². The van der Waals surface area contributed by atoms with Gasteiger partial charge in [0, 0.05) is 5.92 Å². The highest BCUT2D eigenvalue weighted by Crippen LogP contribution is 2.44. The molecule has 0 aliphatic heterocycles. The maximum Gasteiger partial charge on any atom is 0.243 e. The maximum absolute atomic E-state index is 11.9. The summed E-state index contributed by atoms with van der Waals surface area (Å²) < 4.78 is 0. The highest BCUT2D eigenvalue weighted by molar-refractivity contribution is 5.87. The van der Waals surface area contributed by atoms with Crippen LogP contribution in [0.3, 0.4) is 0 Å². The average Bonchev–Trinajstić information content (AvgIpc) is 2.55. The van der Waals surface area contributed by atoms with E-state index in [-0.39, 0.29) is 11.9 Å². The average molecular weight is 333 g/mol. The summed E-state index contributed by atoms with van der Waals surface area (Å²) in [6, 6.07) is 11.3. The Morgan fingerprint density at radius 2 is 1.72 bits per heavy atom. The van der Waals surface area contributed by atoms with E-state index < -0.39 is 0 Å². The van der Waals surface area contributed by atoms with Crippen molar-refractivity contribution in [1.82, 2.24) is 5.32 Å². The summed E-state index contributed by atoms with van der Waals surface area (Å²) >= 11 is 0. The first kappa shape index (κ1) is 17.5. The highest BCUT2D eigenvalue weighted by atomic mass is 16.1. The number of benzene rings is 2. The van der Waals surface area contributed by atoms with Crippen LogP contribution in [0.2, 0.25) is 0 Å². The second-order valence-electron chi connectivity index (χ2n) is 7.34. The molecule has 0 aromatic heterocycles. The van der Waals surface area contributed by atoms with E-state index in [0.717, 1.165) is 12.8 Å². The lowest BCUT2D eigenvalue weighted by molar-refractivity contribution is -0.117. The molecule has 130 valence electrons. The Morgan fingerprint density at radius 1 is 1.00 bits per heavy atom. The fourth-order valence-corrected chi connectivity index (χ4v) is 4.32. The molecule has 0 saturated heterocycles. The monoisotopic (exact) mass is 333 g/mol. The number of carbonyl (C=O) groups excluding carboxylic acids is 1. The lowest BCUT2D eigenvalue weighted by atomic mass is 9.73. The lowest BCUT2D eigenvalue weighted by Crippen LogP contribution is -2.31. The fourth-order valence-electron chi connectivity index (χ4n) is 4.32. The molecule has 1 N–H and O–H groups in total. The number of hydrogen-bond donors (Lipinski definition) is 1. The van der Waals surface area contributed by atoms with Gasteiger partial charge >= 0.3 is 0 Å². The van der Waals surface area contributed by atoms with E-state index in [4.69, 9.17) is 0 Å². The molecule has 0 fully saturated rings. The number of nitrogens with one attached hydrogen (secondary N) is 1. The Kier molecular flexibility index (Phi) is 4.80. The van der Waals surface area contributed by atoms with E-state index in [2.05, 4.69) is 69.9 Å². The second kappa shape index (κ2) is 6.87. The largest absolute Gasteiger partial charge is 0.346 e. The highest BCUT2D eigenvalue weighted by Gasteiger charge is 2.31. The van der Waals surface area contributed by atoms with Gasteiger partial charge in [0.2, 0.25) is 5.91 Å². The molecule has 2 aromatic carbocycles. The smallest absolute Gasteiger partial charge is 0.243 e. The molecule has 1 amide bonds. The first-order valence-electron chi connectivity index (χ1n) is 9.01. The minimum Gasteiger partial charge on any atom is -0.346 e. The molecule has 1 aliphatic rings. The lowest BCUT2D eigenvalue weighted by Gasteiger charge is -2.34. The summed E-state index contributed by atoms with van der Waals surface area (Å²) in [5.74, 6) is 0.298. The normalized spacial score (nSPS) is 19.2. The van der Waals surface area contributed by atoms with Crippen LogP contribution in [0.4, 0.5) is 0 Å². The van der Waals surface area contributed by atoms with Gasteiger partial charge in [-0.25, -0.2) is 0 Å². The van der Waals surface area contributed by atoms with Gasteiger partial charge in [-0.3, -0.25) is 4.79 Å². The third-order valence-corrected chi connectivity index (χ3v) is 5.33. The van der Waals surface area contributed by atoms with Crippen LogP contribution in [-0.2, 0) is 4.79 Å². The van der Waals surface area contributed by atoms with Crippen LogP contribution in [0.1, 0.15) is 63.7 Å². The quantitative estimate of drug-likeness (QED) is 0.770. The fraction of sp³-hybridized carbons (Fsp3) is 0.348. The van der Waals surface area contributed by atoms with Gasteiger partial charge in [-0.2, -0.15) is 0 Å². The Hall–Kier alpha value is -2.35. The molecular formula is C23H27NO. The summed E-state index contributed by atoms with van der Waals surface area (Å²) in [6.45, 7) is 12.2. The number of carbonyl (C=O) groups is 1. The molecule has 0 saturated carbocycles. The first-order valence-corrected chi connectivity index (χ1v) is 9.01. The standard InChI is InChI=1S/C23H27NO/c1-6-22(25)24-21-10-9-19(18-8-7-14(2)11-16(18)4)20-13-15(3)12-17(5)23(20)21/h6-8,11-13,19,21H,1,9-10H2,2-5H3,(H,24,25)/t19-,21+/m0/s1. The summed E-state index contributed by atoms with van der Waals surface area (Å²) in [5.41, 5.74) is 9.26. The van der Waals surface area contributed by atoms with E-state index in [0.29, 0.717) is 5.92 Å². The molecule has 0 heterocycles. The minimum atomic E-state index is -0.0964. The van der Waals surface area contributed by atoms with Crippen molar-refractivity contribution in [3.8, 4) is 0 Å². The van der Waals surface area contributed by atoms with Gasteiger partial charge in [0.15, 0.2) is 0 Å². The third kappa shape index (κ3) is 3.39. The van der Waals surface area contributed by atoms with Crippen molar-refractivity contribution in [1.29, 1.82) is 0 Å². The van der Waals surface area contributed by atoms with E-state index in [1.165, 1.54) is 45.0 Å². The van der Waals surface area contributed by atoms with E-state index >= 15 is 0 Å². The summed E-state index contributed by atoms with van der Waals surface area (Å²) in [7, 11) is 0. The molecule has 3 rings (SSSR count). The Morgan fingerprint density at radius 3 is 2.40 bits per heavy atom. The van der Waals surface area contributed by atoms with E-state index in [1.807, 2.05) is 0 Å². The Bertz CT molecular complexity index is 834. The van der Waals surface area contributed by atoms with Crippen molar-refractivity contribution >= 4 is 5.91 Å². The molecule has 2 atom stereocenters. The van der Waals surface area contributed by atoms with E-state index in [1.54, 1.807) is 0 Å². The van der Waals surface area contributed by atoms with E-state index in [9.17, 15) is 4.79 Å². The van der Waals surface area contributed by atoms with Crippen LogP contribution < -0.4 is 5.32 Å². The van der Waals surface area contributed by atoms with Gasteiger partial charge in [0.25, 0.3) is 0 Å². The topological polar surface area (TPSA) is 29.1 Å². The van der Waals surface area contributed by atoms with Crippen molar-refractivity contribution in [2.45, 2.75) is 52.5 Å². The van der Waals surface area contributed by atoms with Crippen LogP contribution in [0.25, 0.3) is 0 Å². The first-order chi connectivity index (χ1) is 11.9. The molecule has 0 radical (unpaired) electrons.